The summed E-state index contributed by atoms with van der Waals surface area (Å²) in [6.07, 6.45) is 0. The van der Waals surface area contributed by atoms with Crippen LogP contribution in [0.25, 0.3) is 11.4 Å². The van der Waals surface area contributed by atoms with E-state index >= 15 is 0 Å². The molecule has 1 aromatic carbocycles. The van der Waals surface area contributed by atoms with Crippen molar-refractivity contribution in [1.29, 1.82) is 0 Å². The number of carbonyl (C=O) groups excluding carboxylic acids is 1. The Hall–Kier alpha value is -1.99. The monoisotopic (exact) mass is 348 g/mol. The summed E-state index contributed by atoms with van der Waals surface area (Å²) < 4.78 is 2.28. The van der Waals surface area contributed by atoms with Crippen molar-refractivity contribution in [3.05, 3.63) is 34.6 Å². The SMILES string of the molecule is Cc1ccc(-c2nc(=S)n(C[NH+](C)CC(=O)NC(C)(C)C)[nH]2)cc1. The molecule has 1 unspecified atom stereocenters. The van der Waals surface area contributed by atoms with Gasteiger partial charge in [0.2, 0.25) is 4.77 Å². The zero-order valence-corrected chi connectivity index (χ0v) is 15.8. The minimum Gasteiger partial charge on any atom is -0.347 e. The van der Waals surface area contributed by atoms with E-state index in [4.69, 9.17) is 12.2 Å². The predicted octanol–water partition coefficient (Wildman–Crippen LogP) is 1.30. The van der Waals surface area contributed by atoms with Crippen molar-refractivity contribution < 1.29 is 9.69 Å². The summed E-state index contributed by atoms with van der Waals surface area (Å²) >= 11 is 5.32. The first-order chi connectivity index (χ1) is 11.1. The molecule has 1 amide bonds. The standard InChI is InChI=1S/C17H25N5OS/c1-12-6-8-13(9-7-12)15-18-16(24)22(20-15)11-21(5)10-14(23)19-17(2,3)4/h6-9H,10-11H2,1-5H3,(H,19,23)(H,18,20,24)/p+1. The van der Waals surface area contributed by atoms with Crippen molar-refractivity contribution in [3.63, 3.8) is 0 Å². The van der Waals surface area contributed by atoms with E-state index in [-0.39, 0.29) is 11.4 Å². The van der Waals surface area contributed by atoms with Gasteiger partial charge in [-0.25, -0.2) is 4.68 Å². The van der Waals surface area contributed by atoms with E-state index in [2.05, 4.69) is 15.4 Å². The first-order valence-electron chi connectivity index (χ1n) is 8.00. The molecule has 0 aliphatic carbocycles. The van der Waals surface area contributed by atoms with E-state index in [0.29, 0.717) is 18.0 Å². The Morgan fingerprint density at radius 2 is 1.96 bits per heavy atom. The number of aryl methyl sites for hydroxylation is 1. The Morgan fingerprint density at radius 1 is 1.33 bits per heavy atom. The van der Waals surface area contributed by atoms with Crippen LogP contribution in [0.2, 0.25) is 0 Å². The predicted molar refractivity (Wildman–Crippen MR) is 97.2 cm³/mol. The third-order valence-electron chi connectivity index (χ3n) is 3.41. The third-order valence-corrected chi connectivity index (χ3v) is 3.72. The van der Waals surface area contributed by atoms with Crippen LogP contribution >= 0.6 is 12.2 Å². The van der Waals surface area contributed by atoms with Crippen LogP contribution < -0.4 is 10.2 Å². The van der Waals surface area contributed by atoms with Gasteiger partial charge in [-0.2, -0.15) is 4.98 Å². The Labute approximate surface area is 147 Å². The summed E-state index contributed by atoms with van der Waals surface area (Å²) in [5, 5.41) is 6.18. The minimum atomic E-state index is -0.222. The van der Waals surface area contributed by atoms with Crippen molar-refractivity contribution in [3.8, 4) is 11.4 Å². The summed E-state index contributed by atoms with van der Waals surface area (Å²) in [5.41, 5.74) is 1.97. The molecule has 0 saturated heterocycles. The van der Waals surface area contributed by atoms with Gasteiger partial charge in [0.25, 0.3) is 5.91 Å². The molecular weight excluding hydrogens is 322 g/mol. The number of amides is 1. The van der Waals surface area contributed by atoms with Crippen molar-refractivity contribution >= 4 is 18.1 Å². The quantitative estimate of drug-likeness (QED) is 0.714. The number of hydrogen-bond donors (Lipinski definition) is 3. The highest BCUT2D eigenvalue weighted by Crippen LogP contribution is 2.15. The smallest absolute Gasteiger partial charge is 0.275 e. The summed E-state index contributed by atoms with van der Waals surface area (Å²) in [6.45, 7) is 8.88. The topological polar surface area (TPSA) is 67.2 Å². The number of rotatable bonds is 5. The average molecular weight is 348 g/mol. The van der Waals surface area contributed by atoms with Gasteiger partial charge in [-0.05, 0) is 39.9 Å². The van der Waals surface area contributed by atoms with Gasteiger partial charge in [0, 0.05) is 11.1 Å². The molecule has 0 aliphatic heterocycles. The Morgan fingerprint density at radius 3 is 2.54 bits per heavy atom. The lowest BCUT2D eigenvalue weighted by molar-refractivity contribution is -0.895. The Bertz CT molecular complexity index is 755. The number of H-pyrrole nitrogens is 1. The number of likely N-dealkylation sites (N-methyl/N-ethyl adjacent to an activating group) is 1. The van der Waals surface area contributed by atoms with Crippen LogP contribution in [-0.4, -0.2) is 39.8 Å². The lowest BCUT2D eigenvalue weighted by atomic mass is 10.1. The van der Waals surface area contributed by atoms with Crippen molar-refractivity contribution in [2.75, 3.05) is 13.6 Å². The molecule has 0 fully saturated rings. The number of aromatic nitrogens is 3. The number of aromatic amines is 1. The zero-order chi connectivity index (χ0) is 17.9. The lowest BCUT2D eigenvalue weighted by Gasteiger charge is -2.21. The Balaban J connectivity index is 2.04. The van der Waals surface area contributed by atoms with Gasteiger partial charge in [0.15, 0.2) is 19.0 Å². The highest BCUT2D eigenvalue weighted by atomic mass is 32.1. The molecule has 1 atom stereocenters. The molecule has 0 saturated carbocycles. The zero-order valence-electron chi connectivity index (χ0n) is 14.9. The molecule has 2 aromatic rings. The first kappa shape index (κ1) is 18.4. The first-order valence-corrected chi connectivity index (χ1v) is 8.41. The molecule has 1 aromatic heterocycles. The average Bonchev–Trinajstić information content (AvgIpc) is 2.78. The van der Waals surface area contributed by atoms with Gasteiger partial charge in [-0.1, -0.05) is 29.8 Å². The van der Waals surface area contributed by atoms with Crippen LogP contribution in [0.5, 0.6) is 0 Å². The van der Waals surface area contributed by atoms with Gasteiger partial charge in [-0.3, -0.25) is 9.89 Å². The van der Waals surface area contributed by atoms with E-state index in [1.54, 1.807) is 4.68 Å². The van der Waals surface area contributed by atoms with Crippen molar-refractivity contribution in [2.24, 2.45) is 0 Å². The van der Waals surface area contributed by atoms with Gasteiger partial charge >= 0.3 is 0 Å². The highest BCUT2D eigenvalue weighted by molar-refractivity contribution is 7.71. The van der Waals surface area contributed by atoms with E-state index < -0.39 is 0 Å². The molecule has 0 spiro atoms. The van der Waals surface area contributed by atoms with Crippen LogP contribution in [0.15, 0.2) is 24.3 Å². The van der Waals surface area contributed by atoms with Gasteiger partial charge in [-0.15, -0.1) is 0 Å². The molecule has 2 rings (SSSR count). The summed E-state index contributed by atoms with van der Waals surface area (Å²) in [7, 11) is 1.95. The number of benzene rings is 1. The molecule has 0 radical (unpaired) electrons. The molecule has 7 heteroatoms. The number of quaternary nitrogens is 1. The molecule has 1 heterocycles. The maximum Gasteiger partial charge on any atom is 0.275 e. The van der Waals surface area contributed by atoms with Gasteiger partial charge in [0.1, 0.15) is 0 Å². The minimum absolute atomic E-state index is 0.0183. The Kier molecular flexibility index (Phi) is 5.56. The third kappa shape index (κ3) is 5.28. The van der Waals surface area contributed by atoms with Gasteiger partial charge in [0.05, 0.1) is 7.05 Å². The van der Waals surface area contributed by atoms with Crippen molar-refractivity contribution in [2.45, 2.75) is 39.9 Å². The molecule has 6 nitrogen and oxygen atoms in total. The largest absolute Gasteiger partial charge is 0.347 e. The lowest BCUT2D eigenvalue weighted by Crippen LogP contribution is -3.09. The van der Waals surface area contributed by atoms with E-state index in [9.17, 15) is 4.79 Å². The van der Waals surface area contributed by atoms with Crippen LogP contribution in [-0.2, 0) is 11.5 Å². The fourth-order valence-corrected chi connectivity index (χ4v) is 2.57. The number of hydrogen-bond acceptors (Lipinski definition) is 3. The van der Waals surface area contributed by atoms with Crippen molar-refractivity contribution in [1.82, 2.24) is 20.1 Å². The van der Waals surface area contributed by atoms with Crippen LogP contribution in [0.1, 0.15) is 26.3 Å². The van der Waals surface area contributed by atoms with E-state index in [1.807, 2.05) is 59.0 Å². The van der Waals surface area contributed by atoms with Crippen LogP contribution in [0, 0.1) is 11.7 Å². The summed E-state index contributed by atoms with van der Waals surface area (Å²) in [6, 6.07) is 8.11. The van der Waals surface area contributed by atoms with E-state index in [0.717, 1.165) is 16.3 Å². The second-order valence-corrected chi connectivity index (χ2v) is 7.60. The van der Waals surface area contributed by atoms with Gasteiger partial charge < -0.3 is 10.2 Å². The maximum atomic E-state index is 12.0. The maximum absolute atomic E-state index is 12.0. The summed E-state index contributed by atoms with van der Waals surface area (Å²) in [4.78, 5) is 17.4. The second-order valence-electron chi connectivity index (χ2n) is 7.24. The molecule has 3 N–H and O–H groups in total. The highest BCUT2D eigenvalue weighted by Gasteiger charge is 2.17. The normalized spacial score (nSPS) is 12.9. The number of carbonyl (C=O) groups is 1. The molecule has 130 valence electrons. The molecule has 0 aliphatic rings. The molecule has 24 heavy (non-hydrogen) atoms. The molecule has 0 bridgehead atoms. The van der Waals surface area contributed by atoms with Crippen LogP contribution in [0.3, 0.4) is 0 Å². The molecular formula is C17H26N5OS+. The number of nitrogens with one attached hydrogen (secondary N) is 3. The van der Waals surface area contributed by atoms with Crippen LogP contribution in [0.4, 0.5) is 0 Å². The number of nitrogens with zero attached hydrogens (tertiary/aromatic N) is 2. The fourth-order valence-electron chi connectivity index (χ4n) is 2.37. The fraction of sp³-hybridized carbons (Fsp3) is 0.471. The summed E-state index contributed by atoms with van der Waals surface area (Å²) in [5.74, 6) is 0.761. The second kappa shape index (κ2) is 7.27. The van der Waals surface area contributed by atoms with E-state index in [1.165, 1.54) is 5.56 Å².